The maximum Gasteiger partial charge on any atom is 0.0662 e. The van der Waals surface area contributed by atoms with Crippen molar-refractivity contribution < 1.29 is 5.11 Å². The van der Waals surface area contributed by atoms with Crippen molar-refractivity contribution in [3.8, 4) is 0 Å². The Labute approximate surface area is 101 Å². The Bertz CT molecular complexity index is 367. The second-order valence-electron chi connectivity index (χ2n) is 4.53. The summed E-state index contributed by atoms with van der Waals surface area (Å²) in [6, 6.07) is 6.00. The van der Waals surface area contributed by atoms with E-state index in [2.05, 4.69) is 13.0 Å². The first-order valence-corrected chi connectivity index (χ1v) is 6.75. The Balaban J connectivity index is 2.07. The van der Waals surface area contributed by atoms with Crippen molar-refractivity contribution in [1.29, 1.82) is 0 Å². The van der Waals surface area contributed by atoms with Crippen LogP contribution in [0.2, 0.25) is 0 Å². The zero-order chi connectivity index (χ0) is 11.5. The number of aliphatic hydroxyl groups excluding tert-OH is 1. The van der Waals surface area contributed by atoms with Crippen LogP contribution < -0.4 is 5.73 Å². The highest BCUT2D eigenvalue weighted by atomic mass is 32.2. The number of thioether (sulfide) groups is 1. The van der Waals surface area contributed by atoms with Gasteiger partial charge in [-0.1, -0.05) is 12.8 Å². The summed E-state index contributed by atoms with van der Waals surface area (Å²) in [6.07, 6.45) is 4.33. The second-order valence-corrected chi connectivity index (χ2v) is 5.81. The molecule has 88 valence electrons. The molecule has 1 saturated carbocycles. The molecule has 1 fully saturated rings. The molecule has 3 N–H and O–H groups in total. The van der Waals surface area contributed by atoms with Gasteiger partial charge < -0.3 is 10.8 Å². The SMILES string of the molecule is Cc1cc(N)ccc1SC1CCCCC1O. The molecule has 0 heterocycles. The van der Waals surface area contributed by atoms with E-state index in [4.69, 9.17) is 5.73 Å². The summed E-state index contributed by atoms with van der Waals surface area (Å²) in [4.78, 5) is 1.25. The predicted molar refractivity (Wildman–Crippen MR) is 69.7 cm³/mol. The molecule has 1 aliphatic rings. The zero-order valence-electron chi connectivity index (χ0n) is 9.65. The lowest BCUT2D eigenvalue weighted by molar-refractivity contribution is 0.137. The number of hydrogen-bond acceptors (Lipinski definition) is 3. The van der Waals surface area contributed by atoms with Crippen molar-refractivity contribution in [2.75, 3.05) is 5.73 Å². The van der Waals surface area contributed by atoms with E-state index in [1.54, 1.807) is 11.8 Å². The lowest BCUT2D eigenvalue weighted by Crippen LogP contribution is -2.26. The van der Waals surface area contributed by atoms with E-state index in [1.807, 2.05) is 12.1 Å². The van der Waals surface area contributed by atoms with Crippen LogP contribution in [0.1, 0.15) is 31.2 Å². The number of aryl methyl sites for hydroxylation is 1. The van der Waals surface area contributed by atoms with Gasteiger partial charge in [-0.05, 0) is 43.5 Å². The molecule has 1 aromatic carbocycles. The van der Waals surface area contributed by atoms with Gasteiger partial charge in [0.1, 0.15) is 0 Å². The maximum atomic E-state index is 9.93. The highest BCUT2D eigenvalue weighted by Gasteiger charge is 2.24. The van der Waals surface area contributed by atoms with E-state index in [-0.39, 0.29) is 6.10 Å². The first-order valence-electron chi connectivity index (χ1n) is 5.87. The van der Waals surface area contributed by atoms with Crippen LogP contribution in [0.5, 0.6) is 0 Å². The molecule has 0 bridgehead atoms. The third-order valence-electron chi connectivity index (χ3n) is 3.15. The quantitative estimate of drug-likeness (QED) is 0.777. The molecule has 1 aliphatic carbocycles. The molecule has 2 atom stereocenters. The van der Waals surface area contributed by atoms with Crippen LogP contribution in [0.3, 0.4) is 0 Å². The molecule has 0 aliphatic heterocycles. The van der Waals surface area contributed by atoms with Gasteiger partial charge in [0.2, 0.25) is 0 Å². The molecule has 0 radical (unpaired) electrons. The molecular weight excluding hydrogens is 218 g/mol. The summed E-state index contributed by atoms with van der Waals surface area (Å²) in [5.74, 6) is 0. The van der Waals surface area contributed by atoms with Crippen LogP contribution in [0.4, 0.5) is 5.69 Å². The van der Waals surface area contributed by atoms with Gasteiger partial charge in [-0.3, -0.25) is 0 Å². The molecular formula is C13H19NOS. The largest absolute Gasteiger partial charge is 0.399 e. The summed E-state index contributed by atoms with van der Waals surface area (Å²) >= 11 is 1.80. The number of anilines is 1. The minimum atomic E-state index is -0.143. The van der Waals surface area contributed by atoms with Gasteiger partial charge >= 0.3 is 0 Å². The predicted octanol–water partition coefficient (Wildman–Crippen LogP) is 2.97. The highest BCUT2D eigenvalue weighted by molar-refractivity contribution is 8.00. The van der Waals surface area contributed by atoms with E-state index >= 15 is 0 Å². The van der Waals surface area contributed by atoms with Crippen LogP contribution in [0, 0.1) is 6.92 Å². The summed E-state index contributed by atoms with van der Waals surface area (Å²) in [5, 5.41) is 10.3. The summed E-state index contributed by atoms with van der Waals surface area (Å²) in [5.41, 5.74) is 7.75. The van der Waals surface area contributed by atoms with Gasteiger partial charge in [0, 0.05) is 15.8 Å². The molecule has 1 aromatic rings. The highest BCUT2D eigenvalue weighted by Crippen LogP contribution is 2.35. The Morgan fingerprint density at radius 1 is 1.31 bits per heavy atom. The van der Waals surface area contributed by atoms with Gasteiger partial charge in [0.25, 0.3) is 0 Å². The first-order chi connectivity index (χ1) is 7.66. The molecule has 0 spiro atoms. The minimum absolute atomic E-state index is 0.143. The lowest BCUT2D eigenvalue weighted by atomic mass is 9.97. The molecule has 2 nitrogen and oxygen atoms in total. The van der Waals surface area contributed by atoms with Crippen LogP contribution >= 0.6 is 11.8 Å². The summed E-state index contributed by atoms with van der Waals surface area (Å²) < 4.78 is 0. The molecule has 2 rings (SSSR count). The lowest BCUT2D eigenvalue weighted by Gasteiger charge is -2.27. The van der Waals surface area contributed by atoms with Crippen molar-refractivity contribution in [1.82, 2.24) is 0 Å². The monoisotopic (exact) mass is 237 g/mol. The molecule has 2 unspecified atom stereocenters. The average molecular weight is 237 g/mol. The standard InChI is InChI=1S/C13H19NOS/c1-9-8-10(14)6-7-12(9)16-13-5-3-2-4-11(13)15/h6-8,11,13,15H,2-5,14H2,1H3. The summed E-state index contributed by atoms with van der Waals surface area (Å²) in [6.45, 7) is 2.08. The van der Waals surface area contributed by atoms with E-state index in [1.165, 1.54) is 23.3 Å². The number of benzene rings is 1. The van der Waals surface area contributed by atoms with Gasteiger partial charge in [-0.2, -0.15) is 0 Å². The van der Waals surface area contributed by atoms with Crippen molar-refractivity contribution >= 4 is 17.4 Å². The minimum Gasteiger partial charge on any atom is -0.399 e. The van der Waals surface area contributed by atoms with Crippen molar-refractivity contribution in [3.05, 3.63) is 23.8 Å². The third-order valence-corrected chi connectivity index (χ3v) is 4.71. The normalized spacial score (nSPS) is 25.6. The molecule has 3 heteroatoms. The van der Waals surface area contributed by atoms with Crippen molar-refractivity contribution in [2.45, 2.75) is 48.9 Å². The van der Waals surface area contributed by atoms with E-state index in [9.17, 15) is 5.11 Å². The molecule has 0 aromatic heterocycles. The molecule has 0 amide bonds. The van der Waals surface area contributed by atoms with E-state index in [0.29, 0.717) is 5.25 Å². The topological polar surface area (TPSA) is 46.2 Å². The van der Waals surface area contributed by atoms with Crippen molar-refractivity contribution in [2.24, 2.45) is 0 Å². The second kappa shape index (κ2) is 5.11. The van der Waals surface area contributed by atoms with Crippen LogP contribution in [0.25, 0.3) is 0 Å². The van der Waals surface area contributed by atoms with Crippen LogP contribution in [-0.2, 0) is 0 Å². The van der Waals surface area contributed by atoms with Gasteiger partial charge in [0.15, 0.2) is 0 Å². The van der Waals surface area contributed by atoms with Gasteiger partial charge in [0.05, 0.1) is 6.10 Å². The maximum absolute atomic E-state index is 9.93. The van der Waals surface area contributed by atoms with Crippen molar-refractivity contribution in [3.63, 3.8) is 0 Å². The fourth-order valence-corrected chi connectivity index (χ4v) is 3.48. The van der Waals surface area contributed by atoms with Crippen LogP contribution in [-0.4, -0.2) is 16.5 Å². The smallest absolute Gasteiger partial charge is 0.0662 e. The Morgan fingerprint density at radius 3 is 2.75 bits per heavy atom. The molecule has 16 heavy (non-hydrogen) atoms. The summed E-state index contributed by atoms with van der Waals surface area (Å²) in [7, 11) is 0. The van der Waals surface area contributed by atoms with E-state index in [0.717, 1.165) is 18.5 Å². The zero-order valence-corrected chi connectivity index (χ0v) is 10.5. The number of hydrogen-bond donors (Lipinski definition) is 2. The fourth-order valence-electron chi connectivity index (χ4n) is 2.18. The number of aliphatic hydroxyl groups is 1. The van der Waals surface area contributed by atoms with Crippen LogP contribution in [0.15, 0.2) is 23.1 Å². The Morgan fingerprint density at radius 2 is 2.06 bits per heavy atom. The Kier molecular flexibility index (Phi) is 3.77. The van der Waals surface area contributed by atoms with Gasteiger partial charge in [-0.25, -0.2) is 0 Å². The Hall–Kier alpha value is -0.670. The molecule has 0 saturated heterocycles. The number of rotatable bonds is 2. The average Bonchev–Trinajstić information content (AvgIpc) is 2.25. The van der Waals surface area contributed by atoms with Gasteiger partial charge in [-0.15, -0.1) is 11.8 Å². The number of nitrogen functional groups attached to an aromatic ring is 1. The first kappa shape index (κ1) is 11.8. The van der Waals surface area contributed by atoms with E-state index < -0.39 is 0 Å². The number of nitrogens with two attached hydrogens (primary N) is 1. The third kappa shape index (κ3) is 2.71. The fraction of sp³-hybridized carbons (Fsp3) is 0.538.